The van der Waals surface area contributed by atoms with Gasteiger partial charge in [0.05, 0.1) is 12.4 Å². The first-order valence-corrected chi connectivity index (χ1v) is 9.18. The Hall–Kier alpha value is -3.09. The van der Waals surface area contributed by atoms with Crippen LogP contribution in [0.2, 0.25) is 0 Å². The summed E-state index contributed by atoms with van der Waals surface area (Å²) in [6.45, 7) is 5.02. The standard InChI is InChI=1S/C20H23N5O2/c1-3-20(26)24-9-4-5-17(7-10-24)27-19-11-15(16-12-22-23(2)13-16)14-25-18(19)6-8-21-25/h3,6,8,11-14,17H,1,4-5,7,9-10H2,2H3/t17-/m1/s1. The van der Waals surface area contributed by atoms with Crippen LogP contribution in [-0.2, 0) is 11.8 Å². The van der Waals surface area contributed by atoms with Gasteiger partial charge in [0.1, 0.15) is 17.4 Å². The topological polar surface area (TPSA) is 64.7 Å². The van der Waals surface area contributed by atoms with E-state index in [1.165, 1.54) is 6.08 Å². The van der Waals surface area contributed by atoms with Gasteiger partial charge in [-0.1, -0.05) is 6.58 Å². The van der Waals surface area contributed by atoms with Crippen LogP contribution >= 0.6 is 0 Å². The first-order chi connectivity index (χ1) is 13.1. The Kier molecular flexibility index (Phi) is 4.66. The molecule has 0 N–H and O–H groups in total. The maximum atomic E-state index is 11.9. The van der Waals surface area contributed by atoms with Gasteiger partial charge in [0.2, 0.25) is 5.91 Å². The van der Waals surface area contributed by atoms with E-state index in [0.29, 0.717) is 6.54 Å². The van der Waals surface area contributed by atoms with E-state index in [-0.39, 0.29) is 12.0 Å². The van der Waals surface area contributed by atoms with E-state index in [9.17, 15) is 4.79 Å². The lowest BCUT2D eigenvalue weighted by molar-refractivity contribution is -0.126. The van der Waals surface area contributed by atoms with Gasteiger partial charge in [0.15, 0.2) is 0 Å². The van der Waals surface area contributed by atoms with Crippen molar-refractivity contribution in [3.63, 3.8) is 0 Å². The molecule has 1 fully saturated rings. The number of hydrogen-bond acceptors (Lipinski definition) is 4. The van der Waals surface area contributed by atoms with Crippen LogP contribution < -0.4 is 4.74 Å². The van der Waals surface area contributed by atoms with Crippen molar-refractivity contribution in [1.82, 2.24) is 24.3 Å². The lowest BCUT2D eigenvalue weighted by atomic mass is 10.1. The molecule has 0 unspecified atom stereocenters. The number of carbonyl (C=O) groups excluding carboxylic acids is 1. The minimum absolute atomic E-state index is 0.00703. The van der Waals surface area contributed by atoms with E-state index >= 15 is 0 Å². The maximum absolute atomic E-state index is 11.9. The number of hydrogen-bond donors (Lipinski definition) is 0. The normalized spacial score (nSPS) is 17.7. The Bertz CT molecular complexity index is 974. The Morgan fingerprint density at radius 1 is 1.26 bits per heavy atom. The molecule has 3 aromatic rings. The van der Waals surface area contributed by atoms with Crippen LogP contribution in [0.1, 0.15) is 19.3 Å². The Morgan fingerprint density at radius 3 is 2.93 bits per heavy atom. The van der Waals surface area contributed by atoms with E-state index < -0.39 is 0 Å². The minimum Gasteiger partial charge on any atom is -0.488 e. The Morgan fingerprint density at radius 2 is 2.15 bits per heavy atom. The van der Waals surface area contributed by atoms with E-state index in [1.807, 2.05) is 47.2 Å². The fraction of sp³-hybridized carbons (Fsp3) is 0.350. The summed E-state index contributed by atoms with van der Waals surface area (Å²) in [5.74, 6) is 0.801. The van der Waals surface area contributed by atoms with Crippen LogP contribution in [0.4, 0.5) is 0 Å². The molecule has 3 aromatic heterocycles. The number of carbonyl (C=O) groups is 1. The van der Waals surface area contributed by atoms with Crippen LogP contribution in [0.15, 0.2) is 49.6 Å². The SMILES string of the molecule is C=CC(=O)N1CCC[C@@H](Oc2cc(-c3cnn(C)c3)cn3nccc23)CC1. The number of amides is 1. The van der Waals surface area contributed by atoms with E-state index in [0.717, 1.165) is 48.2 Å². The number of pyridine rings is 1. The van der Waals surface area contributed by atoms with Crippen LogP contribution in [0.25, 0.3) is 16.6 Å². The third kappa shape index (κ3) is 3.58. The van der Waals surface area contributed by atoms with Crippen molar-refractivity contribution in [3.8, 4) is 16.9 Å². The van der Waals surface area contributed by atoms with E-state index in [1.54, 1.807) is 10.9 Å². The zero-order chi connectivity index (χ0) is 18.8. The van der Waals surface area contributed by atoms with Crippen molar-refractivity contribution in [2.24, 2.45) is 7.05 Å². The summed E-state index contributed by atoms with van der Waals surface area (Å²) >= 11 is 0. The van der Waals surface area contributed by atoms with Gasteiger partial charge in [0.25, 0.3) is 0 Å². The number of aryl methyl sites for hydroxylation is 1. The fourth-order valence-corrected chi connectivity index (χ4v) is 3.53. The number of likely N-dealkylation sites (tertiary alicyclic amines) is 1. The predicted octanol–water partition coefficient (Wildman–Crippen LogP) is 2.68. The summed E-state index contributed by atoms with van der Waals surface area (Å²) in [4.78, 5) is 13.7. The van der Waals surface area contributed by atoms with Crippen LogP contribution in [-0.4, -0.2) is 49.4 Å². The molecule has 0 spiro atoms. The van der Waals surface area contributed by atoms with Gasteiger partial charge in [-0.15, -0.1) is 0 Å². The predicted molar refractivity (Wildman–Crippen MR) is 102 cm³/mol. The average Bonchev–Trinajstić information content (AvgIpc) is 3.26. The molecule has 27 heavy (non-hydrogen) atoms. The first-order valence-electron chi connectivity index (χ1n) is 9.18. The zero-order valence-corrected chi connectivity index (χ0v) is 15.4. The molecule has 1 atom stereocenters. The van der Waals surface area contributed by atoms with Crippen LogP contribution in [0.5, 0.6) is 5.75 Å². The largest absolute Gasteiger partial charge is 0.488 e. The second-order valence-corrected chi connectivity index (χ2v) is 6.86. The number of aromatic nitrogens is 4. The third-order valence-corrected chi connectivity index (χ3v) is 4.96. The Labute approximate surface area is 157 Å². The molecular weight excluding hydrogens is 342 g/mol. The second-order valence-electron chi connectivity index (χ2n) is 6.86. The maximum Gasteiger partial charge on any atom is 0.245 e. The molecule has 0 aromatic carbocycles. The second kappa shape index (κ2) is 7.26. The van der Waals surface area contributed by atoms with Crippen molar-refractivity contribution in [1.29, 1.82) is 0 Å². The van der Waals surface area contributed by atoms with Gasteiger partial charge in [-0.05, 0) is 31.1 Å². The molecule has 4 heterocycles. The lowest BCUT2D eigenvalue weighted by Gasteiger charge is -2.20. The summed E-state index contributed by atoms with van der Waals surface area (Å²) in [5.41, 5.74) is 2.96. The van der Waals surface area contributed by atoms with Crippen molar-refractivity contribution in [3.05, 3.63) is 49.6 Å². The molecule has 4 rings (SSSR count). The molecule has 0 bridgehead atoms. The number of rotatable bonds is 4. The molecule has 1 aliphatic rings. The highest BCUT2D eigenvalue weighted by Crippen LogP contribution is 2.30. The van der Waals surface area contributed by atoms with Crippen molar-refractivity contribution in [2.45, 2.75) is 25.4 Å². The number of ether oxygens (including phenoxy) is 1. The zero-order valence-electron chi connectivity index (χ0n) is 15.4. The number of nitrogens with zero attached hydrogens (tertiary/aromatic N) is 5. The first kappa shape index (κ1) is 17.3. The number of fused-ring (bicyclic) bond motifs is 1. The van der Waals surface area contributed by atoms with E-state index in [4.69, 9.17) is 4.74 Å². The van der Waals surface area contributed by atoms with Gasteiger partial charge in [-0.2, -0.15) is 10.2 Å². The summed E-state index contributed by atoms with van der Waals surface area (Å²) in [5, 5.41) is 8.63. The van der Waals surface area contributed by atoms with Crippen molar-refractivity contribution in [2.75, 3.05) is 13.1 Å². The highest BCUT2D eigenvalue weighted by Gasteiger charge is 2.21. The van der Waals surface area contributed by atoms with Gasteiger partial charge in [-0.3, -0.25) is 9.48 Å². The van der Waals surface area contributed by atoms with Gasteiger partial charge >= 0.3 is 0 Å². The molecule has 7 heteroatoms. The van der Waals surface area contributed by atoms with Gasteiger partial charge in [0, 0.05) is 50.1 Å². The lowest BCUT2D eigenvalue weighted by Crippen LogP contribution is -2.30. The molecule has 0 saturated carbocycles. The quantitative estimate of drug-likeness (QED) is 0.667. The summed E-state index contributed by atoms with van der Waals surface area (Å²) in [6.07, 6.45) is 11.6. The van der Waals surface area contributed by atoms with E-state index in [2.05, 4.69) is 16.8 Å². The molecule has 7 nitrogen and oxygen atoms in total. The minimum atomic E-state index is -0.00703. The van der Waals surface area contributed by atoms with Crippen molar-refractivity contribution >= 4 is 11.4 Å². The monoisotopic (exact) mass is 365 g/mol. The molecule has 0 radical (unpaired) electrons. The third-order valence-electron chi connectivity index (χ3n) is 4.96. The summed E-state index contributed by atoms with van der Waals surface area (Å²) in [6, 6.07) is 4.00. The molecule has 1 amide bonds. The molecule has 140 valence electrons. The van der Waals surface area contributed by atoms with Gasteiger partial charge < -0.3 is 9.64 Å². The molecule has 1 aliphatic heterocycles. The fourth-order valence-electron chi connectivity index (χ4n) is 3.53. The molecular formula is C20H23N5O2. The van der Waals surface area contributed by atoms with Crippen LogP contribution in [0.3, 0.4) is 0 Å². The Balaban J connectivity index is 1.59. The summed E-state index contributed by atoms with van der Waals surface area (Å²) in [7, 11) is 1.90. The summed E-state index contributed by atoms with van der Waals surface area (Å²) < 4.78 is 10.00. The molecule has 0 aliphatic carbocycles. The average molecular weight is 365 g/mol. The molecule has 1 saturated heterocycles. The smallest absolute Gasteiger partial charge is 0.245 e. The van der Waals surface area contributed by atoms with Crippen LogP contribution in [0, 0.1) is 0 Å². The highest BCUT2D eigenvalue weighted by atomic mass is 16.5. The highest BCUT2D eigenvalue weighted by molar-refractivity contribution is 5.87. The van der Waals surface area contributed by atoms with Gasteiger partial charge in [-0.25, -0.2) is 4.52 Å². The van der Waals surface area contributed by atoms with Crippen molar-refractivity contribution < 1.29 is 9.53 Å².